The van der Waals surface area contributed by atoms with Crippen molar-refractivity contribution in [3.63, 3.8) is 0 Å². The van der Waals surface area contributed by atoms with E-state index in [1.54, 1.807) is 6.07 Å². The van der Waals surface area contributed by atoms with Gasteiger partial charge in [0, 0.05) is 6.54 Å². The average Bonchev–Trinajstić information content (AvgIpc) is 2.45. The first-order valence-electron chi connectivity index (χ1n) is 6.69. The van der Waals surface area contributed by atoms with Gasteiger partial charge in [0.25, 0.3) is 0 Å². The lowest BCUT2D eigenvalue weighted by molar-refractivity contribution is -0.275. The minimum absolute atomic E-state index is 0.0140. The fourth-order valence-corrected chi connectivity index (χ4v) is 2.06. The summed E-state index contributed by atoms with van der Waals surface area (Å²) in [4.78, 5) is 0. The fourth-order valence-electron chi connectivity index (χ4n) is 2.06. The van der Waals surface area contributed by atoms with Crippen molar-refractivity contribution in [2.75, 3.05) is 13.2 Å². The summed E-state index contributed by atoms with van der Waals surface area (Å²) in [7, 11) is 0. The molecular weight excluding hydrogens is 295 g/mol. The second-order valence-electron chi connectivity index (χ2n) is 4.66. The lowest BCUT2D eigenvalue weighted by Crippen LogP contribution is -2.18. The number of ether oxygens (including phenoxy) is 2. The molecule has 118 valence electrons. The molecule has 0 heterocycles. The summed E-state index contributed by atoms with van der Waals surface area (Å²) >= 11 is 0. The fraction of sp³-hybridized carbons (Fsp3) is 0.250. The van der Waals surface area contributed by atoms with Crippen molar-refractivity contribution < 1.29 is 22.6 Å². The van der Waals surface area contributed by atoms with Crippen LogP contribution in [0.25, 0.3) is 11.1 Å². The van der Waals surface area contributed by atoms with Crippen LogP contribution in [-0.4, -0.2) is 19.5 Å². The highest BCUT2D eigenvalue weighted by Gasteiger charge is 2.32. The number of alkyl halides is 3. The first-order valence-corrected chi connectivity index (χ1v) is 6.69. The summed E-state index contributed by atoms with van der Waals surface area (Å²) in [5.41, 5.74) is 7.72. The van der Waals surface area contributed by atoms with Gasteiger partial charge in [-0.25, -0.2) is 0 Å². The Morgan fingerprint density at radius 1 is 1.05 bits per heavy atom. The molecule has 0 aliphatic rings. The van der Waals surface area contributed by atoms with E-state index in [0.29, 0.717) is 5.56 Å². The van der Waals surface area contributed by atoms with Crippen molar-refractivity contribution in [3.05, 3.63) is 48.0 Å². The number of benzene rings is 2. The molecule has 0 radical (unpaired) electrons. The van der Waals surface area contributed by atoms with Crippen molar-refractivity contribution in [1.82, 2.24) is 0 Å². The van der Waals surface area contributed by atoms with E-state index < -0.39 is 6.36 Å². The quantitative estimate of drug-likeness (QED) is 0.911. The molecule has 0 bridgehead atoms. The third kappa shape index (κ3) is 4.14. The van der Waals surface area contributed by atoms with Crippen LogP contribution >= 0.6 is 0 Å². The largest absolute Gasteiger partial charge is 0.573 e. The van der Waals surface area contributed by atoms with Crippen LogP contribution in [0.5, 0.6) is 11.5 Å². The van der Waals surface area contributed by atoms with Crippen LogP contribution in [0.2, 0.25) is 0 Å². The van der Waals surface area contributed by atoms with E-state index in [0.717, 1.165) is 11.1 Å². The number of nitrogens with two attached hydrogens (primary N) is 1. The van der Waals surface area contributed by atoms with Crippen molar-refractivity contribution in [2.24, 2.45) is 5.73 Å². The highest BCUT2D eigenvalue weighted by molar-refractivity contribution is 5.70. The Morgan fingerprint density at radius 3 is 2.41 bits per heavy atom. The SMILES string of the molecule is Cc1ccccc1-c1ccc(OCCN)c(OC(F)(F)F)c1. The van der Waals surface area contributed by atoms with Gasteiger partial charge in [-0.3, -0.25) is 0 Å². The molecule has 0 spiro atoms. The van der Waals surface area contributed by atoms with Crippen molar-refractivity contribution in [2.45, 2.75) is 13.3 Å². The molecule has 22 heavy (non-hydrogen) atoms. The molecule has 0 aliphatic carbocycles. The van der Waals surface area contributed by atoms with Crippen LogP contribution < -0.4 is 15.2 Å². The lowest BCUT2D eigenvalue weighted by atomic mass is 10.0. The topological polar surface area (TPSA) is 44.5 Å². The van der Waals surface area contributed by atoms with Gasteiger partial charge in [-0.1, -0.05) is 30.3 Å². The van der Waals surface area contributed by atoms with E-state index in [1.165, 1.54) is 12.1 Å². The van der Waals surface area contributed by atoms with Crippen LogP contribution in [0.4, 0.5) is 13.2 Å². The first-order chi connectivity index (χ1) is 10.4. The molecule has 0 amide bonds. The summed E-state index contributed by atoms with van der Waals surface area (Å²) in [5, 5.41) is 0. The van der Waals surface area contributed by atoms with Crippen LogP contribution in [0.15, 0.2) is 42.5 Å². The first kappa shape index (κ1) is 16.2. The molecule has 0 unspecified atom stereocenters. The number of rotatable bonds is 5. The summed E-state index contributed by atoms with van der Waals surface area (Å²) in [6, 6.07) is 11.9. The predicted octanol–water partition coefficient (Wildman–Crippen LogP) is 3.90. The Bertz CT molecular complexity index is 642. The Balaban J connectivity index is 2.42. The zero-order valence-electron chi connectivity index (χ0n) is 12.0. The third-order valence-corrected chi connectivity index (χ3v) is 3.00. The summed E-state index contributed by atoms with van der Waals surface area (Å²) in [5.74, 6) is -0.359. The van der Waals surface area contributed by atoms with E-state index in [4.69, 9.17) is 10.5 Å². The maximum atomic E-state index is 12.6. The summed E-state index contributed by atoms with van der Waals surface area (Å²) in [6.45, 7) is 2.20. The second kappa shape index (κ2) is 6.70. The van der Waals surface area contributed by atoms with E-state index in [2.05, 4.69) is 4.74 Å². The van der Waals surface area contributed by atoms with E-state index in [-0.39, 0.29) is 24.7 Å². The van der Waals surface area contributed by atoms with Crippen LogP contribution in [-0.2, 0) is 0 Å². The number of hydrogen-bond donors (Lipinski definition) is 1. The third-order valence-electron chi connectivity index (χ3n) is 3.00. The molecule has 0 fully saturated rings. The summed E-state index contributed by atoms with van der Waals surface area (Å²) in [6.07, 6.45) is -4.79. The van der Waals surface area contributed by atoms with Crippen molar-refractivity contribution >= 4 is 0 Å². The Kier molecular flexibility index (Phi) is 4.92. The van der Waals surface area contributed by atoms with Gasteiger partial charge in [-0.05, 0) is 35.7 Å². The molecule has 0 saturated heterocycles. The zero-order chi connectivity index (χ0) is 16.2. The maximum absolute atomic E-state index is 12.6. The molecule has 2 aromatic carbocycles. The molecule has 0 aromatic heterocycles. The van der Waals surface area contributed by atoms with Gasteiger partial charge < -0.3 is 15.2 Å². The van der Waals surface area contributed by atoms with Gasteiger partial charge in [0.2, 0.25) is 0 Å². The molecule has 6 heteroatoms. The maximum Gasteiger partial charge on any atom is 0.573 e. The highest BCUT2D eigenvalue weighted by atomic mass is 19.4. The van der Waals surface area contributed by atoms with Crippen molar-refractivity contribution in [1.29, 1.82) is 0 Å². The van der Waals surface area contributed by atoms with E-state index in [9.17, 15) is 13.2 Å². The second-order valence-corrected chi connectivity index (χ2v) is 4.66. The standard InChI is InChI=1S/C16H16F3NO2/c1-11-4-2-3-5-13(11)12-6-7-14(21-9-8-20)15(10-12)22-16(17,18)19/h2-7,10H,8-9,20H2,1H3. The molecule has 0 atom stereocenters. The zero-order valence-corrected chi connectivity index (χ0v) is 12.0. The monoisotopic (exact) mass is 311 g/mol. The van der Waals surface area contributed by atoms with Crippen LogP contribution in [0, 0.1) is 6.92 Å². The molecule has 2 rings (SSSR count). The van der Waals surface area contributed by atoms with Crippen LogP contribution in [0.1, 0.15) is 5.56 Å². The molecule has 2 N–H and O–H groups in total. The molecule has 3 nitrogen and oxygen atoms in total. The van der Waals surface area contributed by atoms with Crippen LogP contribution in [0.3, 0.4) is 0 Å². The lowest BCUT2D eigenvalue weighted by Gasteiger charge is -2.15. The Labute approximate surface area is 126 Å². The normalized spacial score (nSPS) is 11.3. The average molecular weight is 311 g/mol. The number of hydrogen-bond acceptors (Lipinski definition) is 3. The Hall–Kier alpha value is -2.21. The predicted molar refractivity (Wildman–Crippen MR) is 77.8 cm³/mol. The minimum atomic E-state index is -4.79. The molecule has 2 aromatic rings. The van der Waals surface area contributed by atoms with E-state index in [1.807, 2.05) is 31.2 Å². The van der Waals surface area contributed by atoms with Crippen molar-refractivity contribution in [3.8, 4) is 22.6 Å². The smallest absolute Gasteiger partial charge is 0.488 e. The summed E-state index contributed by atoms with van der Waals surface area (Å²) < 4.78 is 46.9. The van der Waals surface area contributed by atoms with Gasteiger partial charge in [0.1, 0.15) is 6.61 Å². The van der Waals surface area contributed by atoms with Gasteiger partial charge in [-0.15, -0.1) is 13.2 Å². The van der Waals surface area contributed by atoms with Gasteiger partial charge in [0.05, 0.1) is 0 Å². The highest BCUT2D eigenvalue weighted by Crippen LogP contribution is 2.36. The molecule has 0 aliphatic heterocycles. The molecular formula is C16H16F3NO2. The van der Waals surface area contributed by atoms with Gasteiger partial charge in [-0.2, -0.15) is 0 Å². The molecule has 0 saturated carbocycles. The van der Waals surface area contributed by atoms with E-state index >= 15 is 0 Å². The van der Waals surface area contributed by atoms with Gasteiger partial charge in [0.15, 0.2) is 11.5 Å². The minimum Gasteiger partial charge on any atom is -0.488 e. The Morgan fingerprint density at radius 2 is 1.77 bits per heavy atom. The van der Waals surface area contributed by atoms with Gasteiger partial charge >= 0.3 is 6.36 Å². The number of halogens is 3. The number of aryl methyl sites for hydroxylation is 1.